The van der Waals surface area contributed by atoms with Crippen molar-refractivity contribution in [2.24, 2.45) is 0 Å². The molecule has 166 valence electrons. The lowest BCUT2D eigenvalue weighted by Gasteiger charge is -2.22. The third-order valence-corrected chi connectivity index (χ3v) is 7.31. The van der Waals surface area contributed by atoms with Crippen LogP contribution in [-0.4, -0.2) is 0 Å². The number of benzene rings is 6. The first-order chi connectivity index (χ1) is 20.5. The molecule has 1 aliphatic carbocycles. The van der Waals surface area contributed by atoms with Gasteiger partial charge in [0.05, 0.1) is 11.0 Å². The average Bonchev–Trinajstić information content (AvgIpc) is 3.25. The molecule has 0 nitrogen and oxygen atoms in total. The fourth-order valence-electron chi connectivity index (χ4n) is 5.68. The molecule has 0 aromatic heterocycles. The number of hydrogen-bond donors (Lipinski definition) is 0. The summed E-state index contributed by atoms with van der Waals surface area (Å²) >= 11 is 0. The minimum atomic E-state index is -0.398. The van der Waals surface area contributed by atoms with Gasteiger partial charge in [-0.1, -0.05) is 129 Å². The van der Waals surface area contributed by atoms with Gasteiger partial charge in [-0.2, -0.15) is 0 Å². The Morgan fingerprint density at radius 2 is 1.03 bits per heavy atom. The highest BCUT2D eigenvalue weighted by molar-refractivity contribution is 6.21. The summed E-state index contributed by atoms with van der Waals surface area (Å²) in [6.45, 7) is 4.34. The van der Waals surface area contributed by atoms with Crippen LogP contribution in [0.2, 0.25) is 0 Å². The molecule has 0 heterocycles. The van der Waals surface area contributed by atoms with Crippen molar-refractivity contribution in [3.8, 4) is 33.4 Å². The third-order valence-electron chi connectivity index (χ3n) is 7.31. The van der Waals surface area contributed by atoms with Gasteiger partial charge in [0.15, 0.2) is 0 Å². The van der Waals surface area contributed by atoms with E-state index >= 15 is 0 Å². The summed E-state index contributed by atoms with van der Waals surface area (Å²) in [6, 6.07) is 20.6. The molecule has 0 unspecified atom stereocenters. The minimum absolute atomic E-state index is 0.228. The molecule has 6 aromatic rings. The van der Waals surface area contributed by atoms with Gasteiger partial charge in [0.25, 0.3) is 0 Å². The molecule has 0 saturated heterocycles. The highest BCUT2D eigenvalue weighted by Gasteiger charge is 2.35. The first-order valence-corrected chi connectivity index (χ1v) is 11.7. The van der Waals surface area contributed by atoms with Crippen molar-refractivity contribution in [1.82, 2.24) is 0 Å². The van der Waals surface area contributed by atoms with Crippen molar-refractivity contribution in [3.63, 3.8) is 0 Å². The van der Waals surface area contributed by atoms with Gasteiger partial charge in [0, 0.05) is 5.41 Å². The maximum atomic E-state index is 9.12. The summed E-state index contributed by atoms with van der Waals surface area (Å²) in [6.07, 6.45) is 0. The maximum Gasteiger partial charge on any atom is 0.0629 e. The normalized spacial score (nSPS) is 16.9. The second-order valence-electron chi connectivity index (χ2n) is 9.55. The van der Waals surface area contributed by atoms with Crippen LogP contribution >= 0.6 is 0 Å². The molecule has 0 fully saturated rings. The number of hydrogen-bond acceptors (Lipinski definition) is 0. The Bertz CT molecular complexity index is 2100. The number of fused-ring (bicyclic) bond motifs is 5. The molecule has 6 aromatic carbocycles. The second-order valence-corrected chi connectivity index (χ2v) is 9.55. The van der Waals surface area contributed by atoms with Gasteiger partial charge in [-0.05, 0) is 72.1 Å². The Balaban J connectivity index is 1.77. The molecular formula is C35H26. The molecule has 0 heteroatoms. The molecular weight excluding hydrogens is 420 g/mol. The average molecular weight is 455 g/mol. The summed E-state index contributed by atoms with van der Waals surface area (Å²) < 4.78 is 70.7. The fraction of sp³-hybridized carbons (Fsp3) is 0.0857. The maximum absolute atomic E-state index is 9.12. The largest absolute Gasteiger partial charge is 0.0629 e. The monoisotopic (exact) mass is 454 g/mol. The van der Waals surface area contributed by atoms with Crippen LogP contribution in [-0.2, 0) is 5.41 Å². The molecule has 0 bridgehead atoms. The minimum Gasteiger partial charge on any atom is -0.0622 e. The van der Waals surface area contributed by atoms with Crippen LogP contribution < -0.4 is 0 Å². The van der Waals surface area contributed by atoms with Crippen molar-refractivity contribution in [1.29, 1.82) is 0 Å². The summed E-state index contributed by atoms with van der Waals surface area (Å²) in [5.74, 6) is 0. The molecule has 0 N–H and O–H groups in total. The zero-order chi connectivity index (χ0) is 30.5. The van der Waals surface area contributed by atoms with Gasteiger partial charge in [-0.15, -0.1) is 0 Å². The Morgan fingerprint density at radius 3 is 1.66 bits per heavy atom. The van der Waals surface area contributed by atoms with Crippen LogP contribution in [0.4, 0.5) is 0 Å². The molecule has 1 aliphatic rings. The van der Waals surface area contributed by atoms with E-state index in [9.17, 15) is 0 Å². The Labute approximate surface area is 217 Å². The van der Waals surface area contributed by atoms with Crippen LogP contribution in [0.25, 0.3) is 54.9 Å². The smallest absolute Gasteiger partial charge is 0.0622 e. The highest BCUT2D eigenvalue weighted by atomic mass is 14.4. The molecule has 0 saturated carbocycles. The standard InChI is InChI=1S/C35H26/c1-35(2)31-19-11-10-14-25(31)30-22-24(20-21-32(30)35)34-28-17-8-6-15-26(28)33(23-12-4-3-5-13-23)27-16-7-9-18-29(27)34/h3-22H,1-2H3/i6D,7D,8D,9D,15D,16D,17D,18D. The van der Waals surface area contributed by atoms with Crippen molar-refractivity contribution in [3.05, 3.63) is 132 Å². The first-order valence-electron chi connectivity index (χ1n) is 15.7. The third kappa shape index (κ3) is 2.87. The molecule has 7 rings (SSSR count). The molecule has 0 amide bonds. The van der Waals surface area contributed by atoms with Crippen molar-refractivity contribution >= 4 is 21.5 Å². The van der Waals surface area contributed by atoms with E-state index in [-0.39, 0.29) is 51.1 Å². The number of rotatable bonds is 2. The van der Waals surface area contributed by atoms with Crippen LogP contribution in [0.3, 0.4) is 0 Å². The predicted molar refractivity (Wildman–Crippen MR) is 150 cm³/mol. The molecule has 0 radical (unpaired) electrons. The van der Waals surface area contributed by atoms with E-state index in [1.165, 1.54) is 5.56 Å². The Kier molecular flexibility index (Phi) is 2.89. The molecule has 0 atom stereocenters. The lowest BCUT2D eigenvalue weighted by molar-refractivity contribution is 0.660. The van der Waals surface area contributed by atoms with Crippen LogP contribution in [0.5, 0.6) is 0 Å². The summed E-state index contributed by atoms with van der Waals surface area (Å²) in [7, 11) is 0. The van der Waals surface area contributed by atoms with Crippen LogP contribution in [0.1, 0.15) is 35.9 Å². The molecule has 0 spiro atoms. The first kappa shape index (κ1) is 13.7. The van der Waals surface area contributed by atoms with Gasteiger partial charge in [-0.25, -0.2) is 0 Å². The van der Waals surface area contributed by atoms with Crippen molar-refractivity contribution in [2.75, 3.05) is 0 Å². The molecule has 35 heavy (non-hydrogen) atoms. The Hall–Kier alpha value is -4.16. The zero-order valence-electron chi connectivity index (χ0n) is 27.4. The summed E-state index contributed by atoms with van der Waals surface area (Å²) in [5, 5.41) is 0.915. The van der Waals surface area contributed by atoms with Crippen molar-refractivity contribution < 1.29 is 11.0 Å². The van der Waals surface area contributed by atoms with Gasteiger partial charge in [-0.3, -0.25) is 0 Å². The van der Waals surface area contributed by atoms with Gasteiger partial charge < -0.3 is 0 Å². The summed E-state index contributed by atoms with van der Waals surface area (Å²) in [5.41, 5.74) is 6.07. The van der Waals surface area contributed by atoms with Crippen LogP contribution in [0, 0.1) is 0 Å². The Morgan fingerprint density at radius 1 is 0.514 bits per heavy atom. The SMILES string of the molecule is [2H]c1c([2H])c([2H])c2c(-c3ccc4c(c3)-c3ccccc3C4(C)C)c3c([2H])c([2H])c([2H])c([2H])c3c(-c3ccccc3)c2c1[2H]. The van der Waals surface area contributed by atoms with E-state index in [1.54, 1.807) is 24.3 Å². The second kappa shape index (κ2) is 7.42. The van der Waals surface area contributed by atoms with Gasteiger partial charge in [0.2, 0.25) is 0 Å². The van der Waals surface area contributed by atoms with Crippen LogP contribution in [0.15, 0.2) is 121 Å². The van der Waals surface area contributed by atoms with E-state index in [2.05, 4.69) is 26.0 Å². The zero-order valence-corrected chi connectivity index (χ0v) is 19.4. The topological polar surface area (TPSA) is 0 Å². The van der Waals surface area contributed by atoms with Gasteiger partial charge in [0.1, 0.15) is 0 Å². The lowest BCUT2D eigenvalue weighted by Crippen LogP contribution is -2.14. The van der Waals surface area contributed by atoms with Crippen molar-refractivity contribution in [2.45, 2.75) is 19.3 Å². The van der Waals surface area contributed by atoms with E-state index in [4.69, 9.17) is 11.0 Å². The molecule has 0 aliphatic heterocycles. The van der Waals surface area contributed by atoms with E-state index in [1.807, 2.05) is 36.4 Å². The summed E-state index contributed by atoms with van der Waals surface area (Å²) in [4.78, 5) is 0. The van der Waals surface area contributed by atoms with E-state index in [0.717, 1.165) is 16.7 Å². The van der Waals surface area contributed by atoms with E-state index in [0.29, 0.717) is 22.3 Å². The quantitative estimate of drug-likeness (QED) is 0.228. The highest BCUT2D eigenvalue weighted by Crippen LogP contribution is 2.51. The van der Waals surface area contributed by atoms with E-state index < -0.39 is 24.2 Å². The predicted octanol–water partition coefficient (Wildman–Crippen LogP) is 9.63. The fourth-order valence-corrected chi connectivity index (χ4v) is 5.68. The van der Waals surface area contributed by atoms with Gasteiger partial charge >= 0.3 is 0 Å². The lowest BCUT2D eigenvalue weighted by atomic mass is 9.81.